The van der Waals surface area contributed by atoms with Crippen molar-refractivity contribution in [2.75, 3.05) is 13.2 Å². The van der Waals surface area contributed by atoms with E-state index < -0.39 is 0 Å². The SMILES string of the molecule is C=CCN1C=CN(C=C)C1.[Re]. The molecule has 0 amide bonds. The maximum Gasteiger partial charge on any atom is 0.0939 e. The van der Waals surface area contributed by atoms with E-state index in [9.17, 15) is 0 Å². The molecule has 1 aliphatic heterocycles. The van der Waals surface area contributed by atoms with Crippen LogP contribution in [0.3, 0.4) is 0 Å². The molecule has 61 valence electrons. The summed E-state index contributed by atoms with van der Waals surface area (Å²) in [6.07, 6.45) is 7.72. The molecule has 0 aromatic rings. The zero-order chi connectivity index (χ0) is 7.40. The Morgan fingerprint density at radius 2 is 2.09 bits per heavy atom. The molecule has 0 saturated heterocycles. The first-order valence-corrected chi connectivity index (χ1v) is 3.28. The largest absolute Gasteiger partial charge is 0.355 e. The fourth-order valence-corrected chi connectivity index (χ4v) is 0.887. The molecule has 0 aromatic heterocycles. The summed E-state index contributed by atoms with van der Waals surface area (Å²) in [6, 6.07) is 0. The standard InChI is InChI=1S/C8H12N2.Re/c1-3-5-10-7-6-9(4-2)8-10;/h3-4,6-7H,1-2,5,8H2;. The van der Waals surface area contributed by atoms with E-state index in [-0.39, 0.29) is 20.4 Å². The van der Waals surface area contributed by atoms with E-state index in [4.69, 9.17) is 0 Å². The molecule has 0 N–H and O–H groups in total. The van der Waals surface area contributed by atoms with Crippen molar-refractivity contribution in [3.8, 4) is 0 Å². The van der Waals surface area contributed by atoms with Gasteiger partial charge in [0, 0.05) is 39.4 Å². The summed E-state index contributed by atoms with van der Waals surface area (Å²) in [4.78, 5) is 4.16. The van der Waals surface area contributed by atoms with Gasteiger partial charge in [-0.2, -0.15) is 0 Å². The minimum Gasteiger partial charge on any atom is -0.355 e. The second-order valence-corrected chi connectivity index (χ2v) is 2.20. The van der Waals surface area contributed by atoms with Gasteiger partial charge in [-0.3, -0.25) is 0 Å². The van der Waals surface area contributed by atoms with Crippen molar-refractivity contribution >= 4 is 0 Å². The quantitative estimate of drug-likeness (QED) is 0.724. The van der Waals surface area contributed by atoms with Crippen molar-refractivity contribution < 1.29 is 20.4 Å². The van der Waals surface area contributed by atoms with E-state index in [1.165, 1.54) is 0 Å². The van der Waals surface area contributed by atoms with Crippen molar-refractivity contribution in [3.63, 3.8) is 0 Å². The van der Waals surface area contributed by atoms with Crippen LogP contribution in [0, 0.1) is 0 Å². The Hall–Kier alpha value is -0.518. The van der Waals surface area contributed by atoms with Crippen molar-refractivity contribution in [1.82, 2.24) is 9.80 Å². The second-order valence-electron chi connectivity index (χ2n) is 2.20. The van der Waals surface area contributed by atoms with Crippen LogP contribution in [-0.2, 0) is 20.4 Å². The molecule has 1 radical (unpaired) electrons. The number of hydrogen-bond donors (Lipinski definition) is 0. The normalized spacial score (nSPS) is 14.5. The van der Waals surface area contributed by atoms with Gasteiger partial charge in [0.15, 0.2) is 0 Å². The Morgan fingerprint density at radius 1 is 1.36 bits per heavy atom. The Kier molecular flexibility index (Phi) is 4.93. The Morgan fingerprint density at radius 3 is 2.55 bits per heavy atom. The minimum absolute atomic E-state index is 0. The average molecular weight is 322 g/mol. The van der Waals surface area contributed by atoms with Gasteiger partial charge >= 0.3 is 0 Å². The molecule has 11 heavy (non-hydrogen) atoms. The van der Waals surface area contributed by atoms with E-state index in [0.29, 0.717) is 0 Å². The monoisotopic (exact) mass is 323 g/mol. The van der Waals surface area contributed by atoms with Crippen LogP contribution in [0.2, 0.25) is 0 Å². The van der Waals surface area contributed by atoms with Gasteiger partial charge in [-0.05, 0) is 6.20 Å². The molecule has 1 rings (SSSR count). The molecule has 3 heteroatoms. The predicted octanol–water partition coefficient (Wildman–Crippen LogP) is 1.36. The van der Waals surface area contributed by atoms with Gasteiger partial charge in [0.2, 0.25) is 0 Å². The molecule has 0 atom stereocenters. The molecule has 0 saturated carbocycles. The van der Waals surface area contributed by atoms with Gasteiger partial charge in [-0.1, -0.05) is 12.7 Å². The average Bonchev–Trinajstić information content (AvgIpc) is 2.37. The van der Waals surface area contributed by atoms with Crippen LogP contribution >= 0.6 is 0 Å². The van der Waals surface area contributed by atoms with Crippen LogP contribution in [0.25, 0.3) is 0 Å². The third kappa shape index (κ3) is 2.92. The van der Waals surface area contributed by atoms with Gasteiger partial charge < -0.3 is 9.80 Å². The van der Waals surface area contributed by atoms with Crippen LogP contribution in [-0.4, -0.2) is 23.0 Å². The number of rotatable bonds is 3. The fourth-order valence-electron chi connectivity index (χ4n) is 0.887. The van der Waals surface area contributed by atoms with E-state index in [1.807, 2.05) is 23.4 Å². The zero-order valence-electron chi connectivity index (χ0n) is 6.41. The van der Waals surface area contributed by atoms with Crippen molar-refractivity contribution in [2.24, 2.45) is 0 Å². The molecule has 0 unspecified atom stereocenters. The molecular formula is C8H12N2Re. The molecule has 0 spiro atoms. The summed E-state index contributed by atoms with van der Waals surface area (Å²) in [5.41, 5.74) is 0. The van der Waals surface area contributed by atoms with Crippen molar-refractivity contribution in [2.45, 2.75) is 0 Å². The summed E-state index contributed by atoms with van der Waals surface area (Å²) in [7, 11) is 0. The zero-order valence-corrected chi connectivity index (χ0v) is 9.13. The molecular weight excluding hydrogens is 310 g/mol. The van der Waals surface area contributed by atoms with E-state index in [0.717, 1.165) is 13.2 Å². The first kappa shape index (κ1) is 10.5. The van der Waals surface area contributed by atoms with Crippen LogP contribution < -0.4 is 0 Å². The maximum absolute atomic E-state index is 3.66. The van der Waals surface area contributed by atoms with Gasteiger partial charge in [-0.15, -0.1) is 6.58 Å². The second kappa shape index (κ2) is 5.17. The van der Waals surface area contributed by atoms with E-state index in [1.54, 1.807) is 6.20 Å². The van der Waals surface area contributed by atoms with Crippen LogP contribution in [0.1, 0.15) is 0 Å². The third-order valence-electron chi connectivity index (χ3n) is 1.41. The number of hydrogen-bond acceptors (Lipinski definition) is 2. The summed E-state index contributed by atoms with van der Waals surface area (Å²) in [5.74, 6) is 0. The minimum atomic E-state index is 0. The van der Waals surface area contributed by atoms with Gasteiger partial charge in [0.1, 0.15) is 0 Å². The summed E-state index contributed by atoms with van der Waals surface area (Å²) < 4.78 is 0. The van der Waals surface area contributed by atoms with Crippen molar-refractivity contribution in [1.29, 1.82) is 0 Å². The fraction of sp³-hybridized carbons (Fsp3) is 0.250. The maximum atomic E-state index is 3.66. The van der Waals surface area contributed by atoms with Gasteiger partial charge in [0.25, 0.3) is 0 Å². The first-order chi connectivity index (χ1) is 4.86. The van der Waals surface area contributed by atoms with Gasteiger partial charge in [0.05, 0.1) is 6.67 Å². The third-order valence-corrected chi connectivity index (χ3v) is 1.41. The molecule has 0 bridgehead atoms. The molecule has 1 aliphatic rings. The van der Waals surface area contributed by atoms with Crippen LogP contribution in [0.5, 0.6) is 0 Å². The number of nitrogens with zero attached hydrogens (tertiary/aromatic N) is 2. The van der Waals surface area contributed by atoms with E-state index in [2.05, 4.69) is 18.1 Å². The summed E-state index contributed by atoms with van der Waals surface area (Å²) in [5, 5.41) is 0. The van der Waals surface area contributed by atoms with Crippen molar-refractivity contribution in [3.05, 3.63) is 37.8 Å². The van der Waals surface area contributed by atoms with Gasteiger partial charge in [-0.25, -0.2) is 0 Å². The summed E-state index contributed by atoms with van der Waals surface area (Å²) in [6.45, 7) is 9.12. The molecule has 0 aliphatic carbocycles. The molecule has 0 aromatic carbocycles. The van der Waals surface area contributed by atoms with Crippen LogP contribution in [0.4, 0.5) is 0 Å². The topological polar surface area (TPSA) is 6.48 Å². The molecule has 0 fully saturated rings. The molecule has 2 nitrogen and oxygen atoms in total. The predicted molar refractivity (Wildman–Crippen MR) is 42.9 cm³/mol. The summed E-state index contributed by atoms with van der Waals surface area (Å²) >= 11 is 0. The Labute approximate surface area is 81.5 Å². The smallest absolute Gasteiger partial charge is 0.0939 e. The van der Waals surface area contributed by atoms with Crippen LogP contribution in [0.15, 0.2) is 37.8 Å². The van der Waals surface area contributed by atoms with E-state index >= 15 is 0 Å². The Bertz CT molecular complexity index is 165. The molecule has 1 heterocycles. The first-order valence-electron chi connectivity index (χ1n) is 3.28. The Balaban J connectivity index is 0.000001000.